The fourth-order valence-corrected chi connectivity index (χ4v) is 4.26. The Morgan fingerprint density at radius 1 is 1.44 bits per heavy atom. The zero-order chi connectivity index (χ0) is 11.5. The highest BCUT2D eigenvalue weighted by Crippen LogP contribution is 2.47. The third-order valence-electron chi connectivity index (χ3n) is 3.17. The minimum atomic E-state index is -3.56. The van der Waals surface area contributed by atoms with Gasteiger partial charge in [0.25, 0.3) is 10.1 Å². The van der Waals surface area contributed by atoms with E-state index in [-0.39, 0.29) is 12.0 Å². The molecule has 0 radical (unpaired) electrons. The lowest BCUT2D eigenvalue weighted by Gasteiger charge is -2.21. The van der Waals surface area contributed by atoms with Gasteiger partial charge < -0.3 is 9.47 Å². The van der Waals surface area contributed by atoms with Crippen LogP contribution in [0.25, 0.3) is 0 Å². The lowest BCUT2D eigenvalue weighted by molar-refractivity contribution is -0.151. The molecule has 0 aromatic heterocycles. The van der Waals surface area contributed by atoms with E-state index in [4.69, 9.17) is 25.3 Å². The molecule has 5 unspecified atom stereocenters. The van der Waals surface area contributed by atoms with Crippen LogP contribution in [-0.4, -0.2) is 49.9 Å². The fourth-order valence-electron chi connectivity index (χ4n) is 2.55. The van der Waals surface area contributed by atoms with Gasteiger partial charge >= 0.3 is 5.97 Å². The maximum atomic E-state index is 11.5. The SMILES string of the molecule is O=C(CCl)OC1C2CC3C(O2)C1OS3(=O)=O. The van der Waals surface area contributed by atoms with Crippen LogP contribution >= 0.6 is 11.6 Å². The van der Waals surface area contributed by atoms with Crippen molar-refractivity contribution < 1.29 is 26.9 Å². The van der Waals surface area contributed by atoms with E-state index in [2.05, 4.69) is 0 Å². The minimum Gasteiger partial charge on any atom is -0.456 e. The van der Waals surface area contributed by atoms with Gasteiger partial charge in [-0.15, -0.1) is 11.6 Å². The molecule has 2 bridgehead atoms. The summed E-state index contributed by atoms with van der Waals surface area (Å²) >= 11 is 5.32. The van der Waals surface area contributed by atoms with Gasteiger partial charge in [0.1, 0.15) is 23.3 Å². The van der Waals surface area contributed by atoms with E-state index < -0.39 is 39.6 Å². The van der Waals surface area contributed by atoms with Gasteiger partial charge in [-0.05, 0) is 6.42 Å². The number of hydrogen-bond acceptors (Lipinski definition) is 6. The second kappa shape index (κ2) is 3.32. The highest BCUT2D eigenvalue weighted by molar-refractivity contribution is 7.87. The molecule has 3 saturated heterocycles. The van der Waals surface area contributed by atoms with E-state index in [0.717, 1.165) is 0 Å². The molecule has 0 amide bonds. The Morgan fingerprint density at radius 2 is 2.19 bits per heavy atom. The molecule has 16 heavy (non-hydrogen) atoms. The maximum Gasteiger partial charge on any atom is 0.321 e. The van der Waals surface area contributed by atoms with Crippen LogP contribution in [0.5, 0.6) is 0 Å². The summed E-state index contributed by atoms with van der Waals surface area (Å²) in [6, 6.07) is 0. The number of carbonyl (C=O) groups excluding carboxylic acids is 1. The van der Waals surface area contributed by atoms with Crippen molar-refractivity contribution in [2.75, 3.05) is 5.88 Å². The van der Waals surface area contributed by atoms with Crippen molar-refractivity contribution in [3.63, 3.8) is 0 Å². The molecule has 8 heteroatoms. The minimum absolute atomic E-state index is 0.267. The van der Waals surface area contributed by atoms with Crippen LogP contribution in [0.2, 0.25) is 0 Å². The van der Waals surface area contributed by atoms with E-state index in [9.17, 15) is 13.2 Å². The molecular formula is C8H9ClO6S. The molecule has 5 atom stereocenters. The first-order valence-electron chi connectivity index (χ1n) is 4.86. The number of alkyl halides is 1. The summed E-state index contributed by atoms with van der Waals surface area (Å²) in [6.45, 7) is 0. The first-order chi connectivity index (χ1) is 7.53. The van der Waals surface area contributed by atoms with Gasteiger partial charge in [0.15, 0.2) is 6.10 Å². The number of rotatable bonds is 2. The van der Waals surface area contributed by atoms with Crippen molar-refractivity contribution in [3.05, 3.63) is 0 Å². The molecular weight excluding hydrogens is 260 g/mol. The molecule has 3 aliphatic rings. The Balaban J connectivity index is 1.84. The second-order valence-electron chi connectivity index (χ2n) is 4.06. The zero-order valence-electron chi connectivity index (χ0n) is 8.04. The molecule has 0 N–H and O–H groups in total. The third-order valence-corrected chi connectivity index (χ3v) is 5.08. The van der Waals surface area contributed by atoms with E-state index in [0.29, 0.717) is 6.42 Å². The first-order valence-corrected chi connectivity index (χ1v) is 6.86. The molecule has 0 aromatic carbocycles. The third kappa shape index (κ3) is 1.32. The average molecular weight is 269 g/mol. The Hall–Kier alpha value is -0.370. The number of ether oxygens (including phenoxy) is 2. The fraction of sp³-hybridized carbons (Fsp3) is 0.875. The van der Waals surface area contributed by atoms with Crippen molar-refractivity contribution in [3.8, 4) is 0 Å². The van der Waals surface area contributed by atoms with Crippen LogP contribution < -0.4 is 0 Å². The van der Waals surface area contributed by atoms with E-state index in [1.807, 2.05) is 0 Å². The topological polar surface area (TPSA) is 78.9 Å². The average Bonchev–Trinajstić information content (AvgIpc) is 2.81. The van der Waals surface area contributed by atoms with Gasteiger partial charge in [-0.1, -0.05) is 0 Å². The van der Waals surface area contributed by atoms with Crippen LogP contribution in [-0.2, 0) is 28.6 Å². The first kappa shape index (κ1) is 10.8. The van der Waals surface area contributed by atoms with Gasteiger partial charge in [0.2, 0.25) is 0 Å². The van der Waals surface area contributed by atoms with E-state index >= 15 is 0 Å². The van der Waals surface area contributed by atoms with Crippen LogP contribution in [0.4, 0.5) is 0 Å². The molecule has 0 saturated carbocycles. The summed E-state index contributed by atoms with van der Waals surface area (Å²) in [6.07, 6.45) is -1.90. The molecule has 3 heterocycles. The van der Waals surface area contributed by atoms with E-state index in [1.54, 1.807) is 0 Å². The van der Waals surface area contributed by atoms with Crippen molar-refractivity contribution in [1.82, 2.24) is 0 Å². The Labute approximate surface area is 96.9 Å². The van der Waals surface area contributed by atoms with Crippen molar-refractivity contribution in [1.29, 1.82) is 0 Å². The van der Waals surface area contributed by atoms with E-state index in [1.165, 1.54) is 0 Å². The summed E-state index contributed by atoms with van der Waals surface area (Å²) in [4.78, 5) is 11.1. The Kier molecular flexibility index (Phi) is 2.23. The predicted molar refractivity (Wildman–Crippen MR) is 51.5 cm³/mol. The molecule has 0 aromatic rings. The Morgan fingerprint density at radius 3 is 2.88 bits per heavy atom. The van der Waals surface area contributed by atoms with Crippen LogP contribution in [0.1, 0.15) is 6.42 Å². The summed E-state index contributed by atoms with van der Waals surface area (Å²) in [5.41, 5.74) is 0. The summed E-state index contributed by atoms with van der Waals surface area (Å²) in [5.74, 6) is -0.858. The second-order valence-corrected chi connectivity index (χ2v) is 6.11. The highest BCUT2D eigenvalue weighted by atomic mass is 35.5. The monoisotopic (exact) mass is 268 g/mol. The molecule has 3 aliphatic heterocycles. The van der Waals surface area contributed by atoms with Gasteiger partial charge in [-0.3, -0.25) is 8.98 Å². The summed E-state index contributed by atoms with van der Waals surface area (Å²) < 4.78 is 38.4. The van der Waals surface area contributed by atoms with Crippen molar-refractivity contribution in [2.45, 2.75) is 36.1 Å². The van der Waals surface area contributed by atoms with Gasteiger partial charge in [0, 0.05) is 0 Å². The van der Waals surface area contributed by atoms with Crippen molar-refractivity contribution in [2.24, 2.45) is 0 Å². The molecule has 0 aliphatic carbocycles. The van der Waals surface area contributed by atoms with Gasteiger partial charge in [-0.2, -0.15) is 8.42 Å². The lowest BCUT2D eigenvalue weighted by Crippen LogP contribution is -2.41. The number of esters is 1. The molecule has 3 rings (SSSR count). The standard InChI is InChI=1S/C8H9ClO6S/c9-2-5(10)14-6-3-1-4-7(13-3)8(6)15-16(4,11)12/h3-4,6-8H,1-2H2. The summed E-state index contributed by atoms with van der Waals surface area (Å²) in [7, 11) is -3.56. The molecule has 6 nitrogen and oxygen atoms in total. The van der Waals surface area contributed by atoms with Crippen LogP contribution in [0, 0.1) is 0 Å². The van der Waals surface area contributed by atoms with Crippen molar-refractivity contribution >= 4 is 27.7 Å². The number of halogens is 1. The molecule has 3 fully saturated rings. The normalized spacial score (nSPS) is 47.2. The zero-order valence-corrected chi connectivity index (χ0v) is 9.61. The van der Waals surface area contributed by atoms with Crippen LogP contribution in [0.15, 0.2) is 0 Å². The Bertz CT molecular complexity index is 434. The van der Waals surface area contributed by atoms with Gasteiger partial charge in [-0.25, -0.2) is 0 Å². The largest absolute Gasteiger partial charge is 0.456 e. The van der Waals surface area contributed by atoms with Gasteiger partial charge in [0.05, 0.1) is 6.10 Å². The smallest absolute Gasteiger partial charge is 0.321 e. The number of fused-ring (bicyclic) bond motifs is 1. The summed E-state index contributed by atoms with van der Waals surface area (Å²) in [5, 5.41) is -0.603. The maximum absolute atomic E-state index is 11.5. The number of carbonyl (C=O) groups is 1. The quantitative estimate of drug-likeness (QED) is 0.378. The lowest BCUT2D eigenvalue weighted by atomic mass is 9.94. The van der Waals surface area contributed by atoms with Crippen LogP contribution in [0.3, 0.4) is 0 Å². The molecule has 90 valence electrons. The molecule has 0 spiro atoms. The highest BCUT2D eigenvalue weighted by Gasteiger charge is 2.67. The predicted octanol–water partition coefficient (Wildman–Crippen LogP) is -0.595. The number of hydrogen-bond donors (Lipinski definition) is 0.